The molecule has 1 fully saturated rings. The van der Waals surface area contributed by atoms with Gasteiger partial charge in [-0.1, -0.05) is 26.7 Å². The van der Waals surface area contributed by atoms with Crippen molar-refractivity contribution in [1.29, 1.82) is 0 Å². The molecular formula is C15H27N3S. The van der Waals surface area contributed by atoms with Crippen LogP contribution in [0.3, 0.4) is 0 Å². The van der Waals surface area contributed by atoms with Gasteiger partial charge in [0, 0.05) is 18.5 Å². The molecule has 3 nitrogen and oxygen atoms in total. The predicted octanol–water partition coefficient (Wildman–Crippen LogP) is 3.26. The molecular weight excluding hydrogens is 254 g/mol. The highest BCUT2D eigenvalue weighted by molar-refractivity contribution is 7.09. The molecule has 0 aromatic carbocycles. The molecule has 2 rings (SSSR count). The van der Waals surface area contributed by atoms with Gasteiger partial charge in [0.25, 0.3) is 0 Å². The van der Waals surface area contributed by atoms with Gasteiger partial charge in [0.2, 0.25) is 0 Å². The second kappa shape index (κ2) is 7.98. The zero-order chi connectivity index (χ0) is 13.5. The van der Waals surface area contributed by atoms with Crippen LogP contribution in [-0.4, -0.2) is 29.5 Å². The van der Waals surface area contributed by atoms with Crippen molar-refractivity contribution in [2.75, 3.05) is 19.6 Å². The van der Waals surface area contributed by atoms with E-state index in [-0.39, 0.29) is 0 Å². The van der Waals surface area contributed by atoms with Crippen LogP contribution in [0.15, 0.2) is 5.38 Å². The molecule has 19 heavy (non-hydrogen) atoms. The highest BCUT2D eigenvalue weighted by atomic mass is 32.1. The van der Waals surface area contributed by atoms with E-state index >= 15 is 0 Å². The highest BCUT2D eigenvalue weighted by Crippen LogP contribution is 2.15. The van der Waals surface area contributed by atoms with Crippen molar-refractivity contribution < 1.29 is 0 Å². The number of nitrogens with zero attached hydrogens (tertiary/aromatic N) is 2. The van der Waals surface area contributed by atoms with Crippen LogP contribution in [-0.2, 0) is 13.1 Å². The summed E-state index contributed by atoms with van der Waals surface area (Å²) in [7, 11) is 0. The molecule has 1 aliphatic heterocycles. The first-order valence-corrected chi connectivity index (χ1v) is 8.48. The molecule has 0 spiro atoms. The van der Waals surface area contributed by atoms with E-state index in [1.165, 1.54) is 49.5 Å². The Labute approximate surface area is 121 Å². The third kappa shape index (κ3) is 5.59. The highest BCUT2D eigenvalue weighted by Gasteiger charge is 2.11. The molecule has 4 heteroatoms. The lowest BCUT2D eigenvalue weighted by molar-refractivity contribution is 0.274. The first-order chi connectivity index (χ1) is 9.24. The Bertz CT molecular complexity index is 354. The maximum Gasteiger partial charge on any atom is 0.107 e. The minimum atomic E-state index is 0.705. The molecule has 108 valence electrons. The Morgan fingerprint density at radius 2 is 2.00 bits per heavy atom. The Balaban J connectivity index is 1.76. The van der Waals surface area contributed by atoms with Crippen LogP contribution in [0.5, 0.6) is 0 Å². The Hall–Kier alpha value is -0.450. The van der Waals surface area contributed by atoms with Crippen LogP contribution in [0.2, 0.25) is 0 Å². The first kappa shape index (κ1) is 14.9. The SMILES string of the molecule is CC(C)CNCc1nc(CN2CCCCCC2)cs1. The molecule has 2 heterocycles. The summed E-state index contributed by atoms with van der Waals surface area (Å²) in [6.45, 7) is 10.0. The van der Waals surface area contributed by atoms with Crippen molar-refractivity contribution in [2.45, 2.75) is 52.6 Å². The lowest BCUT2D eigenvalue weighted by atomic mass is 10.2. The van der Waals surface area contributed by atoms with Crippen LogP contribution in [0, 0.1) is 5.92 Å². The van der Waals surface area contributed by atoms with Crippen LogP contribution in [0.1, 0.15) is 50.2 Å². The molecule has 0 radical (unpaired) electrons. The van der Waals surface area contributed by atoms with Gasteiger partial charge in [-0.3, -0.25) is 4.90 Å². The topological polar surface area (TPSA) is 28.2 Å². The predicted molar refractivity (Wildman–Crippen MR) is 82.4 cm³/mol. The quantitative estimate of drug-likeness (QED) is 0.867. The second-order valence-corrected chi connectivity index (χ2v) is 6.89. The number of thiazole rings is 1. The Morgan fingerprint density at radius 1 is 1.26 bits per heavy atom. The number of rotatable bonds is 6. The van der Waals surface area contributed by atoms with Crippen molar-refractivity contribution >= 4 is 11.3 Å². The number of hydrogen-bond acceptors (Lipinski definition) is 4. The fraction of sp³-hybridized carbons (Fsp3) is 0.800. The molecule has 1 N–H and O–H groups in total. The van der Waals surface area contributed by atoms with Gasteiger partial charge >= 0.3 is 0 Å². The number of aromatic nitrogens is 1. The molecule has 0 bridgehead atoms. The van der Waals surface area contributed by atoms with E-state index in [0.29, 0.717) is 5.92 Å². The van der Waals surface area contributed by atoms with Gasteiger partial charge in [-0.05, 0) is 38.4 Å². The summed E-state index contributed by atoms with van der Waals surface area (Å²) in [5, 5.41) is 6.92. The van der Waals surface area contributed by atoms with Gasteiger partial charge in [0.05, 0.1) is 5.69 Å². The van der Waals surface area contributed by atoms with Gasteiger partial charge in [-0.2, -0.15) is 0 Å². The van der Waals surface area contributed by atoms with E-state index < -0.39 is 0 Å². The molecule has 0 unspecified atom stereocenters. The average molecular weight is 281 g/mol. The molecule has 1 saturated heterocycles. The number of hydrogen-bond donors (Lipinski definition) is 1. The minimum Gasteiger partial charge on any atom is -0.310 e. The summed E-state index contributed by atoms with van der Waals surface area (Å²) in [6.07, 6.45) is 5.51. The Kier molecular flexibility index (Phi) is 6.28. The molecule has 1 aromatic rings. The van der Waals surface area contributed by atoms with Crippen molar-refractivity contribution in [1.82, 2.24) is 15.2 Å². The lowest BCUT2D eigenvalue weighted by Crippen LogP contribution is -2.24. The molecule has 0 aliphatic carbocycles. The van der Waals surface area contributed by atoms with Crippen molar-refractivity contribution in [3.8, 4) is 0 Å². The van der Waals surface area contributed by atoms with E-state index in [4.69, 9.17) is 4.98 Å². The maximum absolute atomic E-state index is 4.75. The van der Waals surface area contributed by atoms with Crippen LogP contribution >= 0.6 is 11.3 Å². The third-order valence-corrected chi connectivity index (χ3v) is 4.41. The normalized spacial score (nSPS) is 17.8. The van der Waals surface area contributed by atoms with Crippen LogP contribution < -0.4 is 5.32 Å². The number of likely N-dealkylation sites (tertiary alicyclic amines) is 1. The lowest BCUT2D eigenvalue weighted by Gasteiger charge is -2.17. The zero-order valence-corrected chi connectivity index (χ0v) is 13.1. The summed E-state index contributed by atoms with van der Waals surface area (Å²) >= 11 is 1.79. The largest absolute Gasteiger partial charge is 0.310 e. The van der Waals surface area contributed by atoms with Crippen molar-refractivity contribution in [3.05, 3.63) is 16.1 Å². The summed E-state index contributed by atoms with van der Waals surface area (Å²) in [4.78, 5) is 7.31. The third-order valence-electron chi connectivity index (χ3n) is 3.51. The summed E-state index contributed by atoms with van der Waals surface area (Å²) in [5.74, 6) is 0.705. The molecule has 0 saturated carbocycles. The molecule has 1 aromatic heterocycles. The molecule has 1 aliphatic rings. The fourth-order valence-electron chi connectivity index (χ4n) is 2.49. The summed E-state index contributed by atoms with van der Waals surface area (Å²) in [5.41, 5.74) is 1.26. The van der Waals surface area contributed by atoms with Gasteiger partial charge in [0.15, 0.2) is 0 Å². The van der Waals surface area contributed by atoms with Crippen LogP contribution in [0.4, 0.5) is 0 Å². The smallest absolute Gasteiger partial charge is 0.107 e. The van der Waals surface area contributed by atoms with E-state index in [1.54, 1.807) is 11.3 Å². The van der Waals surface area contributed by atoms with Gasteiger partial charge in [0.1, 0.15) is 5.01 Å². The minimum absolute atomic E-state index is 0.705. The van der Waals surface area contributed by atoms with Gasteiger partial charge in [-0.25, -0.2) is 4.98 Å². The first-order valence-electron chi connectivity index (χ1n) is 7.60. The zero-order valence-electron chi connectivity index (χ0n) is 12.3. The molecule has 0 amide bonds. The summed E-state index contributed by atoms with van der Waals surface area (Å²) in [6, 6.07) is 0. The average Bonchev–Trinajstić information content (AvgIpc) is 2.65. The van der Waals surface area contributed by atoms with Gasteiger partial charge < -0.3 is 5.32 Å². The summed E-state index contributed by atoms with van der Waals surface area (Å²) < 4.78 is 0. The monoisotopic (exact) mass is 281 g/mol. The van der Waals surface area contributed by atoms with Crippen molar-refractivity contribution in [2.24, 2.45) is 5.92 Å². The van der Waals surface area contributed by atoms with Gasteiger partial charge in [-0.15, -0.1) is 11.3 Å². The molecule has 0 atom stereocenters. The van der Waals surface area contributed by atoms with E-state index in [9.17, 15) is 0 Å². The fourth-order valence-corrected chi connectivity index (χ4v) is 3.25. The standard InChI is InChI=1S/C15H27N3S/c1-13(2)9-16-10-15-17-14(12-19-15)11-18-7-5-3-4-6-8-18/h12-13,16H,3-11H2,1-2H3. The maximum atomic E-state index is 4.75. The Morgan fingerprint density at radius 3 is 2.68 bits per heavy atom. The second-order valence-electron chi connectivity index (χ2n) is 5.95. The van der Waals surface area contributed by atoms with E-state index in [1.807, 2.05) is 0 Å². The van der Waals surface area contributed by atoms with Crippen LogP contribution in [0.25, 0.3) is 0 Å². The number of nitrogens with one attached hydrogen (secondary N) is 1. The van der Waals surface area contributed by atoms with E-state index in [0.717, 1.165) is 19.6 Å². The van der Waals surface area contributed by atoms with E-state index in [2.05, 4.69) is 29.4 Å². The van der Waals surface area contributed by atoms with Crippen molar-refractivity contribution in [3.63, 3.8) is 0 Å².